The van der Waals surface area contributed by atoms with E-state index in [2.05, 4.69) is 20.8 Å². The van der Waals surface area contributed by atoms with Crippen LogP contribution in [0.25, 0.3) is 0 Å². The molecule has 0 saturated carbocycles. The molecule has 0 fully saturated rings. The van der Waals surface area contributed by atoms with Crippen molar-refractivity contribution in [1.82, 2.24) is 0 Å². The Kier molecular flexibility index (Phi) is 14.9. The first kappa shape index (κ1) is 17.9. The number of unbranched alkanes of at least 4 members (excludes halogenated alkanes) is 4. The van der Waals surface area contributed by atoms with Crippen LogP contribution in [-0.2, 0) is 9.47 Å². The van der Waals surface area contributed by atoms with Crippen LogP contribution in [0.3, 0.4) is 0 Å². The molecule has 109 valence electrons. The number of ether oxygens (including phenoxy) is 2. The lowest BCUT2D eigenvalue weighted by Gasteiger charge is -2.14. The van der Waals surface area contributed by atoms with E-state index in [1.807, 2.05) is 0 Å². The summed E-state index contributed by atoms with van der Waals surface area (Å²) in [7, 11) is 0. The molecule has 1 atom stereocenters. The molecule has 1 radical (unpaired) electrons. The highest BCUT2D eigenvalue weighted by Gasteiger charge is 2.03. The van der Waals surface area contributed by atoms with Gasteiger partial charge in [0.25, 0.3) is 0 Å². The van der Waals surface area contributed by atoms with Crippen LogP contribution < -0.4 is 0 Å². The molecule has 0 N–H and O–H groups in total. The molecular formula is C16H33O2. The van der Waals surface area contributed by atoms with Crippen LogP contribution >= 0.6 is 0 Å². The van der Waals surface area contributed by atoms with Gasteiger partial charge in [-0.25, -0.2) is 0 Å². The minimum Gasteiger partial charge on any atom is -0.381 e. The molecule has 0 saturated heterocycles. The summed E-state index contributed by atoms with van der Waals surface area (Å²) in [5, 5.41) is 0. The van der Waals surface area contributed by atoms with E-state index in [1.165, 1.54) is 25.7 Å². The normalized spacial score (nSPS) is 12.8. The Balaban J connectivity index is 3.10. The van der Waals surface area contributed by atoms with Crippen LogP contribution in [0.4, 0.5) is 0 Å². The molecule has 1 unspecified atom stereocenters. The summed E-state index contributed by atoms with van der Waals surface area (Å²) in [5.41, 5.74) is 0. The van der Waals surface area contributed by atoms with E-state index in [9.17, 15) is 0 Å². The Labute approximate surface area is 114 Å². The van der Waals surface area contributed by atoms with E-state index in [0.717, 1.165) is 51.9 Å². The van der Waals surface area contributed by atoms with Crippen molar-refractivity contribution in [2.75, 3.05) is 19.8 Å². The van der Waals surface area contributed by atoms with Crippen molar-refractivity contribution < 1.29 is 9.47 Å². The third-order valence-corrected chi connectivity index (χ3v) is 3.16. The van der Waals surface area contributed by atoms with Gasteiger partial charge < -0.3 is 9.47 Å². The lowest BCUT2D eigenvalue weighted by molar-refractivity contribution is 0.0378. The smallest absolute Gasteiger partial charge is 0.0572 e. The second-order valence-corrected chi connectivity index (χ2v) is 4.92. The first-order valence-electron chi connectivity index (χ1n) is 7.83. The molecule has 0 heterocycles. The molecule has 0 aliphatic carbocycles. The summed E-state index contributed by atoms with van der Waals surface area (Å²) >= 11 is 0. The first-order chi connectivity index (χ1) is 8.85. The van der Waals surface area contributed by atoms with Gasteiger partial charge in [-0.3, -0.25) is 0 Å². The highest BCUT2D eigenvalue weighted by Crippen LogP contribution is 2.07. The average Bonchev–Trinajstić information content (AvgIpc) is 2.39. The summed E-state index contributed by atoms with van der Waals surface area (Å²) in [6, 6.07) is 0. The molecule has 2 nitrogen and oxygen atoms in total. The Morgan fingerprint density at radius 2 is 1.56 bits per heavy atom. The number of hydrogen-bond acceptors (Lipinski definition) is 2. The molecule has 0 aliphatic heterocycles. The monoisotopic (exact) mass is 257 g/mol. The fourth-order valence-electron chi connectivity index (χ4n) is 1.92. The predicted octanol–water partition coefficient (Wildman–Crippen LogP) is 4.77. The van der Waals surface area contributed by atoms with Gasteiger partial charge in [-0.05, 0) is 32.1 Å². The maximum Gasteiger partial charge on any atom is 0.0572 e. The van der Waals surface area contributed by atoms with E-state index in [4.69, 9.17) is 9.47 Å². The Bertz CT molecular complexity index is 148. The van der Waals surface area contributed by atoms with Crippen LogP contribution in [0.2, 0.25) is 0 Å². The van der Waals surface area contributed by atoms with Crippen molar-refractivity contribution >= 4 is 0 Å². The largest absolute Gasteiger partial charge is 0.381 e. The summed E-state index contributed by atoms with van der Waals surface area (Å²) in [6.07, 6.45) is 11.0. The quantitative estimate of drug-likeness (QED) is 0.417. The van der Waals surface area contributed by atoms with Crippen molar-refractivity contribution in [2.24, 2.45) is 0 Å². The van der Waals surface area contributed by atoms with Crippen molar-refractivity contribution in [3.63, 3.8) is 0 Å². The van der Waals surface area contributed by atoms with Gasteiger partial charge in [0.2, 0.25) is 0 Å². The van der Waals surface area contributed by atoms with Gasteiger partial charge in [0.05, 0.1) is 6.10 Å². The average molecular weight is 257 g/mol. The molecule has 0 rings (SSSR count). The molecule has 0 aromatic carbocycles. The molecule has 2 heteroatoms. The fourth-order valence-corrected chi connectivity index (χ4v) is 1.92. The van der Waals surface area contributed by atoms with Crippen LogP contribution in [0, 0.1) is 6.92 Å². The number of rotatable bonds is 14. The SMILES string of the molecule is [CH2]CCC(CC)OCCCCOCCCCCC. The Morgan fingerprint density at radius 3 is 2.17 bits per heavy atom. The van der Waals surface area contributed by atoms with Crippen molar-refractivity contribution in [2.45, 2.75) is 77.7 Å². The van der Waals surface area contributed by atoms with Crippen LogP contribution in [0.15, 0.2) is 0 Å². The second kappa shape index (κ2) is 15.0. The molecule has 0 amide bonds. The zero-order valence-corrected chi connectivity index (χ0v) is 12.6. The highest BCUT2D eigenvalue weighted by atomic mass is 16.5. The summed E-state index contributed by atoms with van der Waals surface area (Å²) in [4.78, 5) is 0. The van der Waals surface area contributed by atoms with Crippen LogP contribution in [0.5, 0.6) is 0 Å². The molecular weight excluding hydrogens is 224 g/mol. The van der Waals surface area contributed by atoms with Gasteiger partial charge in [-0.2, -0.15) is 0 Å². The fraction of sp³-hybridized carbons (Fsp3) is 0.938. The predicted molar refractivity (Wildman–Crippen MR) is 78.8 cm³/mol. The Hall–Kier alpha value is -0.0800. The zero-order chi connectivity index (χ0) is 13.5. The minimum atomic E-state index is 0.414. The Morgan fingerprint density at radius 1 is 0.889 bits per heavy atom. The maximum absolute atomic E-state index is 5.80. The van der Waals surface area contributed by atoms with E-state index < -0.39 is 0 Å². The lowest BCUT2D eigenvalue weighted by Crippen LogP contribution is -2.12. The third-order valence-electron chi connectivity index (χ3n) is 3.16. The summed E-state index contributed by atoms with van der Waals surface area (Å²) in [6.45, 7) is 11.0. The zero-order valence-electron chi connectivity index (χ0n) is 12.6. The van der Waals surface area contributed by atoms with Crippen molar-refractivity contribution in [1.29, 1.82) is 0 Å². The van der Waals surface area contributed by atoms with Gasteiger partial charge in [0, 0.05) is 19.8 Å². The maximum atomic E-state index is 5.80. The summed E-state index contributed by atoms with van der Waals surface area (Å²) in [5.74, 6) is 0. The van der Waals surface area contributed by atoms with E-state index in [-0.39, 0.29) is 0 Å². The highest BCUT2D eigenvalue weighted by molar-refractivity contribution is 4.56. The topological polar surface area (TPSA) is 18.5 Å². The van der Waals surface area contributed by atoms with E-state index >= 15 is 0 Å². The van der Waals surface area contributed by atoms with Gasteiger partial charge in [-0.1, -0.05) is 46.5 Å². The molecule has 18 heavy (non-hydrogen) atoms. The van der Waals surface area contributed by atoms with Gasteiger partial charge in [-0.15, -0.1) is 0 Å². The van der Waals surface area contributed by atoms with Gasteiger partial charge >= 0.3 is 0 Å². The minimum absolute atomic E-state index is 0.414. The lowest BCUT2D eigenvalue weighted by atomic mass is 10.1. The molecule has 0 bridgehead atoms. The molecule has 0 aliphatic rings. The summed E-state index contributed by atoms with van der Waals surface area (Å²) < 4.78 is 11.4. The van der Waals surface area contributed by atoms with Crippen molar-refractivity contribution in [3.05, 3.63) is 6.92 Å². The first-order valence-corrected chi connectivity index (χ1v) is 7.83. The molecule has 0 aromatic heterocycles. The number of hydrogen-bond donors (Lipinski definition) is 0. The van der Waals surface area contributed by atoms with Gasteiger partial charge in [0.1, 0.15) is 0 Å². The standard InChI is InChI=1S/C16H33O2/c1-4-7-8-9-13-17-14-10-11-15-18-16(6-3)12-5-2/h16H,2,4-15H2,1,3H3. The van der Waals surface area contributed by atoms with Crippen molar-refractivity contribution in [3.8, 4) is 0 Å². The second-order valence-electron chi connectivity index (χ2n) is 4.92. The van der Waals surface area contributed by atoms with Gasteiger partial charge in [0.15, 0.2) is 0 Å². The van der Waals surface area contributed by atoms with E-state index in [0.29, 0.717) is 6.10 Å². The van der Waals surface area contributed by atoms with Crippen LogP contribution in [0.1, 0.15) is 71.6 Å². The molecule has 0 aromatic rings. The third kappa shape index (κ3) is 12.4. The van der Waals surface area contributed by atoms with E-state index in [1.54, 1.807) is 0 Å². The molecule has 0 spiro atoms. The van der Waals surface area contributed by atoms with Crippen LogP contribution in [-0.4, -0.2) is 25.9 Å².